The number of benzene rings is 2. The third-order valence-corrected chi connectivity index (χ3v) is 4.55. The van der Waals surface area contributed by atoms with Crippen molar-refractivity contribution in [3.8, 4) is 0 Å². The van der Waals surface area contributed by atoms with Crippen molar-refractivity contribution in [2.24, 2.45) is 0 Å². The van der Waals surface area contributed by atoms with E-state index < -0.39 is 6.04 Å². The van der Waals surface area contributed by atoms with Crippen molar-refractivity contribution in [3.63, 3.8) is 0 Å². The number of carbonyl (C=O) groups excluding carboxylic acids is 2. The molecular weight excluding hydrogens is 312 g/mol. The molecule has 3 rings (SSSR count). The first-order chi connectivity index (χ1) is 12.0. The first-order valence-corrected chi connectivity index (χ1v) is 8.47. The van der Waals surface area contributed by atoms with Gasteiger partial charge in [0.1, 0.15) is 6.04 Å². The summed E-state index contributed by atoms with van der Waals surface area (Å²) in [5.41, 5.74) is 4.20. The van der Waals surface area contributed by atoms with Crippen LogP contribution in [-0.4, -0.2) is 24.4 Å². The molecule has 4 heteroatoms. The smallest absolute Gasteiger partial charge is 0.249 e. The summed E-state index contributed by atoms with van der Waals surface area (Å²) in [7, 11) is 0. The third-order valence-electron chi connectivity index (χ3n) is 4.55. The first kappa shape index (κ1) is 17.0. The molecule has 0 spiro atoms. The molecule has 2 aromatic carbocycles. The highest BCUT2D eigenvalue weighted by Crippen LogP contribution is 2.24. The Morgan fingerprint density at radius 3 is 2.60 bits per heavy atom. The maximum Gasteiger partial charge on any atom is 0.249 e. The maximum atomic E-state index is 12.6. The molecular formula is C21H22N2O2. The van der Waals surface area contributed by atoms with Crippen molar-refractivity contribution in [1.29, 1.82) is 0 Å². The molecule has 0 radical (unpaired) electrons. The molecule has 0 aromatic heterocycles. The summed E-state index contributed by atoms with van der Waals surface area (Å²) < 4.78 is 0. The van der Waals surface area contributed by atoms with Crippen molar-refractivity contribution >= 4 is 23.6 Å². The number of anilines is 1. The van der Waals surface area contributed by atoms with Gasteiger partial charge in [0.2, 0.25) is 11.8 Å². The first-order valence-electron chi connectivity index (χ1n) is 8.47. The monoisotopic (exact) mass is 334 g/mol. The van der Waals surface area contributed by atoms with Gasteiger partial charge in [-0.05, 0) is 55.2 Å². The molecule has 1 unspecified atom stereocenters. The fraction of sp³-hybridized carbons (Fsp3) is 0.238. The molecule has 4 nitrogen and oxygen atoms in total. The van der Waals surface area contributed by atoms with E-state index in [9.17, 15) is 9.59 Å². The van der Waals surface area contributed by atoms with Crippen LogP contribution in [0.3, 0.4) is 0 Å². The predicted molar refractivity (Wildman–Crippen MR) is 100 cm³/mol. The van der Waals surface area contributed by atoms with Crippen molar-refractivity contribution < 1.29 is 9.59 Å². The number of hydrogen-bond acceptors (Lipinski definition) is 2. The van der Waals surface area contributed by atoms with Gasteiger partial charge in [0, 0.05) is 18.3 Å². The molecule has 25 heavy (non-hydrogen) atoms. The van der Waals surface area contributed by atoms with Crippen molar-refractivity contribution in [1.82, 2.24) is 5.32 Å². The molecule has 0 bridgehead atoms. The van der Waals surface area contributed by atoms with E-state index >= 15 is 0 Å². The van der Waals surface area contributed by atoms with Gasteiger partial charge in [-0.25, -0.2) is 0 Å². The molecule has 1 aliphatic heterocycles. The van der Waals surface area contributed by atoms with Gasteiger partial charge in [-0.2, -0.15) is 0 Å². The quantitative estimate of drug-likeness (QED) is 0.873. The van der Waals surface area contributed by atoms with E-state index in [1.54, 1.807) is 11.0 Å². The lowest BCUT2D eigenvalue weighted by atomic mass is 10.1. The van der Waals surface area contributed by atoms with Crippen LogP contribution in [0.15, 0.2) is 54.6 Å². The van der Waals surface area contributed by atoms with Crippen LogP contribution in [0.4, 0.5) is 5.69 Å². The summed E-state index contributed by atoms with van der Waals surface area (Å²) in [6.07, 6.45) is 3.84. The van der Waals surface area contributed by atoms with Gasteiger partial charge in [0.05, 0.1) is 0 Å². The zero-order valence-corrected chi connectivity index (χ0v) is 14.5. The molecule has 0 aliphatic carbocycles. The van der Waals surface area contributed by atoms with Crippen LogP contribution in [0.25, 0.3) is 6.08 Å². The van der Waals surface area contributed by atoms with Crippen LogP contribution in [0.2, 0.25) is 0 Å². The second-order valence-electron chi connectivity index (χ2n) is 6.35. The SMILES string of the molecule is Cc1ccc(N2CCC(NC(=O)/C=C/c3ccccc3)C2=O)cc1C. The second kappa shape index (κ2) is 7.34. The summed E-state index contributed by atoms with van der Waals surface area (Å²) in [6, 6.07) is 15.1. The van der Waals surface area contributed by atoms with Gasteiger partial charge in [-0.15, -0.1) is 0 Å². The molecule has 0 saturated carbocycles. The van der Waals surface area contributed by atoms with Gasteiger partial charge in [0.15, 0.2) is 0 Å². The van der Waals surface area contributed by atoms with E-state index in [1.807, 2.05) is 62.4 Å². The Morgan fingerprint density at radius 1 is 1.12 bits per heavy atom. The van der Waals surface area contributed by atoms with Gasteiger partial charge in [-0.3, -0.25) is 9.59 Å². The summed E-state index contributed by atoms with van der Waals surface area (Å²) in [5.74, 6) is -0.297. The topological polar surface area (TPSA) is 49.4 Å². The average Bonchev–Trinajstić information content (AvgIpc) is 2.97. The Kier molecular flexibility index (Phi) is 4.98. The lowest BCUT2D eigenvalue weighted by Crippen LogP contribution is -2.40. The van der Waals surface area contributed by atoms with E-state index in [-0.39, 0.29) is 11.8 Å². The number of carbonyl (C=O) groups is 2. The van der Waals surface area contributed by atoms with Gasteiger partial charge in [0.25, 0.3) is 0 Å². The van der Waals surface area contributed by atoms with E-state index in [2.05, 4.69) is 5.32 Å². The highest BCUT2D eigenvalue weighted by Gasteiger charge is 2.33. The van der Waals surface area contributed by atoms with E-state index in [0.29, 0.717) is 13.0 Å². The van der Waals surface area contributed by atoms with Gasteiger partial charge >= 0.3 is 0 Å². The Morgan fingerprint density at radius 2 is 1.88 bits per heavy atom. The van der Waals surface area contributed by atoms with E-state index in [1.165, 1.54) is 11.6 Å². The summed E-state index contributed by atoms with van der Waals surface area (Å²) in [5, 5.41) is 2.81. The molecule has 128 valence electrons. The molecule has 1 saturated heterocycles. The Bertz CT molecular complexity index is 812. The van der Waals surface area contributed by atoms with E-state index in [0.717, 1.165) is 16.8 Å². The summed E-state index contributed by atoms with van der Waals surface area (Å²) >= 11 is 0. The fourth-order valence-corrected chi connectivity index (χ4v) is 2.92. The van der Waals surface area contributed by atoms with E-state index in [4.69, 9.17) is 0 Å². The van der Waals surface area contributed by atoms with Crippen LogP contribution >= 0.6 is 0 Å². The molecule has 1 N–H and O–H groups in total. The van der Waals surface area contributed by atoms with Gasteiger partial charge in [-0.1, -0.05) is 36.4 Å². The van der Waals surface area contributed by atoms with Crippen LogP contribution in [0.5, 0.6) is 0 Å². The number of rotatable bonds is 4. The van der Waals surface area contributed by atoms with Crippen molar-refractivity contribution in [2.75, 3.05) is 11.4 Å². The highest BCUT2D eigenvalue weighted by atomic mass is 16.2. The van der Waals surface area contributed by atoms with Crippen LogP contribution in [0, 0.1) is 13.8 Å². The Labute approximate surface area is 148 Å². The minimum Gasteiger partial charge on any atom is -0.341 e. The second-order valence-corrected chi connectivity index (χ2v) is 6.35. The Balaban J connectivity index is 1.63. The molecule has 1 heterocycles. The van der Waals surface area contributed by atoms with Crippen LogP contribution in [0.1, 0.15) is 23.1 Å². The lowest BCUT2D eigenvalue weighted by molar-refractivity contribution is -0.123. The molecule has 1 atom stereocenters. The third kappa shape index (κ3) is 3.97. The minimum atomic E-state index is -0.463. The van der Waals surface area contributed by atoms with Crippen LogP contribution in [-0.2, 0) is 9.59 Å². The average molecular weight is 334 g/mol. The summed E-state index contributed by atoms with van der Waals surface area (Å²) in [6.45, 7) is 4.70. The number of hydrogen-bond donors (Lipinski definition) is 1. The standard InChI is InChI=1S/C21H22N2O2/c1-15-8-10-18(14-16(15)2)23-13-12-19(21(23)25)22-20(24)11-9-17-6-4-3-5-7-17/h3-11,14,19H,12-13H2,1-2H3,(H,22,24)/b11-9+. The largest absolute Gasteiger partial charge is 0.341 e. The molecule has 2 amide bonds. The maximum absolute atomic E-state index is 12.6. The predicted octanol–water partition coefficient (Wildman–Crippen LogP) is 3.24. The molecule has 1 fully saturated rings. The number of aryl methyl sites for hydroxylation is 2. The molecule has 1 aliphatic rings. The zero-order chi connectivity index (χ0) is 17.8. The molecule has 2 aromatic rings. The summed E-state index contributed by atoms with van der Waals surface area (Å²) in [4.78, 5) is 26.4. The highest BCUT2D eigenvalue weighted by molar-refractivity contribution is 6.03. The number of nitrogens with one attached hydrogen (secondary N) is 1. The Hall–Kier alpha value is -2.88. The van der Waals surface area contributed by atoms with Gasteiger partial charge < -0.3 is 10.2 Å². The van der Waals surface area contributed by atoms with Crippen molar-refractivity contribution in [2.45, 2.75) is 26.3 Å². The normalized spacial score (nSPS) is 17.3. The van der Waals surface area contributed by atoms with Crippen molar-refractivity contribution in [3.05, 3.63) is 71.3 Å². The fourth-order valence-electron chi connectivity index (χ4n) is 2.92. The number of nitrogens with zero attached hydrogens (tertiary/aromatic N) is 1. The number of amides is 2. The zero-order valence-electron chi connectivity index (χ0n) is 14.5. The van der Waals surface area contributed by atoms with Crippen LogP contribution < -0.4 is 10.2 Å². The minimum absolute atomic E-state index is 0.0512. The lowest BCUT2D eigenvalue weighted by Gasteiger charge is -2.18.